The first kappa shape index (κ1) is 12.3. The van der Waals surface area contributed by atoms with E-state index in [2.05, 4.69) is 4.98 Å². The molecule has 0 amide bonds. The number of imidazole rings is 1. The van der Waals surface area contributed by atoms with Crippen molar-refractivity contribution in [3.63, 3.8) is 0 Å². The van der Waals surface area contributed by atoms with Gasteiger partial charge in [-0.2, -0.15) is 0 Å². The van der Waals surface area contributed by atoms with Crippen LogP contribution in [0.25, 0.3) is 0 Å². The van der Waals surface area contributed by atoms with Crippen molar-refractivity contribution < 1.29 is 14.8 Å². The molecule has 98 valence electrons. The highest BCUT2D eigenvalue weighted by Crippen LogP contribution is 2.38. The van der Waals surface area contributed by atoms with Gasteiger partial charge in [0.2, 0.25) is 12.1 Å². The summed E-state index contributed by atoms with van der Waals surface area (Å²) in [6, 6.07) is 0. The minimum absolute atomic E-state index is 0.252. The maximum atomic E-state index is 11.4. The van der Waals surface area contributed by atoms with Crippen molar-refractivity contribution in [2.45, 2.75) is 25.3 Å². The molecule has 1 unspecified atom stereocenters. The summed E-state index contributed by atoms with van der Waals surface area (Å²) in [4.78, 5) is 27.0. The van der Waals surface area contributed by atoms with Crippen molar-refractivity contribution in [3.8, 4) is 0 Å². The molecule has 1 fully saturated rings. The molecule has 0 spiro atoms. The van der Waals surface area contributed by atoms with Gasteiger partial charge in [-0.15, -0.1) is 0 Å². The standard InChI is InChI=1S/C10H14N4O4/c1-10(9(15)16)4-3-5-13(10)8-7(14(17)18)11-6-12(8)2/h6H,3-5H2,1-2H3,(H,15,16). The Labute approximate surface area is 103 Å². The Bertz CT molecular complexity index is 512. The highest BCUT2D eigenvalue weighted by atomic mass is 16.6. The van der Waals surface area contributed by atoms with Crippen LogP contribution in [-0.4, -0.2) is 37.6 Å². The third-order valence-electron chi connectivity index (χ3n) is 3.42. The topological polar surface area (TPSA) is 101 Å². The second kappa shape index (κ2) is 3.97. The summed E-state index contributed by atoms with van der Waals surface area (Å²) in [6.45, 7) is 2.06. The van der Waals surface area contributed by atoms with Crippen LogP contribution >= 0.6 is 0 Å². The molecular formula is C10H14N4O4. The van der Waals surface area contributed by atoms with Gasteiger partial charge in [0.15, 0.2) is 0 Å². The van der Waals surface area contributed by atoms with Gasteiger partial charge in [-0.25, -0.2) is 4.79 Å². The van der Waals surface area contributed by atoms with E-state index in [1.165, 1.54) is 10.9 Å². The number of aliphatic carboxylic acids is 1. The van der Waals surface area contributed by atoms with Crippen LogP contribution in [-0.2, 0) is 11.8 Å². The van der Waals surface area contributed by atoms with Crippen molar-refractivity contribution in [2.24, 2.45) is 7.05 Å². The second-order valence-corrected chi connectivity index (χ2v) is 4.59. The maximum absolute atomic E-state index is 11.4. The SMILES string of the molecule is Cn1cnc([N+](=O)[O-])c1N1CCCC1(C)C(=O)O. The van der Waals surface area contributed by atoms with Gasteiger partial charge >= 0.3 is 11.8 Å². The first-order chi connectivity index (χ1) is 8.38. The number of aryl methyl sites for hydroxylation is 1. The number of anilines is 1. The third-order valence-corrected chi connectivity index (χ3v) is 3.42. The summed E-state index contributed by atoms with van der Waals surface area (Å²) in [6.07, 6.45) is 2.48. The minimum Gasteiger partial charge on any atom is -0.480 e. The van der Waals surface area contributed by atoms with Gasteiger partial charge in [-0.1, -0.05) is 0 Å². The molecule has 1 aromatic heterocycles. The highest BCUT2D eigenvalue weighted by Gasteiger charge is 2.47. The fourth-order valence-electron chi connectivity index (χ4n) is 2.38. The summed E-state index contributed by atoms with van der Waals surface area (Å²) >= 11 is 0. The van der Waals surface area contributed by atoms with Crippen molar-refractivity contribution in [2.75, 3.05) is 11.4 Å². The van der Waals surface area contributed by atoms with E-state index in [9.17, 15) is 20.0 Å². The van der Waals surface area contributed by atoms with E-state index in [4.69, 9.17) is 0 Å². The van der Waals surface area contributed by atoms with E-state index in [1.807, 2.05) is 0 Å². The van der Waals surface area contributed by atoms with Gasteiger partial charge in [0.05, 0.1) is 0 Å². The van der Waals surface area contributed by atoms with E-state index in [0.717, 1.165) is 0 Å². The average Bonchev–Trinajstić information content (AvgIpc) is 2.82. The molecule has 1 aliphatic rings. The molecular weight excluding hydrogens is 240 g/mol. The Morgan fingerprint density at radius 1 is 1.67 bits per heavy atom. The van der Waals surface area contributed by atoms with Gasteiger partial charge in [-0.3, -0.25) is 4.57 Å². The van der Waals surface area contributed by atoms with Crippen LogP contribution in [0.5, 0.6) is 0 Å². The summed E-state index contributed by atoms with van der Waals surface area (Å²) in [7, 11) is 1.62. The van der Waals surface area contributed by atoms with Crippen LogP contribution in [0.4, 0.5) is 11.6 Å². The Balaban J connectivity index is 2.52. The number of rotatable bonds is 3. The Hall–Kier alpha value is -2.12. The molecule has 2 heterocycles. The van der Waals surface area contributed by atoms with Gasteiger partial charge < -0.3 is 20.1 Å². The minimum atomic E-state index is -1.11. The molecule has 0 aromatic carbocycles. The molecule has 0 radical (unpaired) electrons. The Morgan fingerprint density at radius 2 is 2.33 bits per heavy atom. The van der Waals surface area contributed by atoms with Gasteiger partial charge in [0.1, 0.15) is 5.54 Å². The molecule has 1 N–H and O–H groups in total. The van der Waals surface area contributed by atoms with Crippen LogP contribution < -0.4 is 4.90 Å². The lowest BCUT2D eigenvalue weighted by Gasteiger charge is -2.31. The Morgan fingerprint density at radius 3 is 2.89 bits per heavy atom. The zero-order chi connectivity index (χ0) is 13.5. The smallest absolute Gasteiger partial charge is 0.406 e. The molecule has 0 aliphatic carbocycles. The van der Waals surface area contributed by atoms with Crippen LogP contribution in [0.2, 0.25) is 0 Å². The lowest BCUT2D eigenvalue weighted by atomic mass is 9.99. The lowest BCUT2D eigenvalue weighted by molar-refractivity contribution is -0.388. The molecule has 8 heteroatoms. The zero-order valence-electron chi connectivity index (χ0n) is 10.2. The van der Waals surface area contributed by atoms with E-state index in [0.29, 0.717) is 19.4 Å². The van der Waals surface area contributed by atoms with Crippen molar-refractivity contribution in [1.29, 1.82) is 0 Å². The average molecular weight is 254 g/mol. The molecule has 0 saturated carbocycles. The van der Waals surface area contributed by atoms with E-state index >= 15 is 0 Å². The maximum Gasteiger partial charge on any atom is 0.406 e. The second-order valence-electron chi connectivity index (χ2n) is 4.59. The van der Waals surface area contributed by atoms with Crippen molar-refractivity contribution >= 4 is 17.6 Å². The molecule has 1 saturated heterocycles. The molecule has 1 atom stereocenters. The molecule has 2 rings (SSSR count). The van der Waals surface area contributed by atoms with Crippen molar-refractivity contribution in [1.82, 2.24) is 9.55 Å². The summed E-state index contributed by atoms with van der Waals surface area (Å²) in [5, 5.41) is 20.2. The van der Waals surface area contributed by atoms with Crippen LogP contribution in [0.15, 0.2) is 6.33 Å². The van der Waals surface area contributed by atoms with Crippen LogP contribution in [0.1, 0.15) is 19.8 Å². The van der Waals surface area contributed by atoms with Gasteiger partial charge in [0.25, 0.3) is 0 Å². The number of hydrogen-bond donors (Lipinski definition) is 1. The number of carboxylic acid groups (broad SMARTS) is 1. The predicted molar refractivity (Wildman–Crippen MR) is 62.5 cm³/mol. The van der Waals surface area contributed by atoms with E-state index < -0.39 is 16.4 Å². The number of hydrogen-bond acceptors (Lipinski definition) is 5. The summed E-state index contributed by atoms with van der Waals surface area (Å²) in [5.74, 6) is -1.02. The number of carbonyl (C=O) groups is 1. The molecule has 1 aliphatic heterocycles. The first-order valence-corrected chi connectivity index (χ1v) is 5.54. The van der Waals surface area contributed by atoms with Gasteiger partial charge in [-0.05, 0) is 29.7 Å². The van der Waals surface area contributed by atoms with Gasteiger partial charge in [0, 0.05) is 13.6 Å². The zero-order valence-corrected chi connectivity index (χ0v) is 10.2. The fraction of sp³-hybridized carbons (Fsp3) is 0.600. The Kier molecular flexibility index (Phi) is 2.72. The first-order valence-electron chi connectivity index (χ1n) is 5.54. The monoisotopic (exact) mass is 254 g/mol. The quantitative estimate of drug-likeness (QED) is 0.631. The van der Waals surface area contributed by atoms with E-state index in [1.54, 1.807) is 18.9 Å². The normalized spacial score (nSPS) is 23.3. The fourth-order valence-corrected chi connectivity index (χ4v) is 2.38. The lowest BCUT2D eigenvalue weighted by Crippen LogP contribution is -2.49. The molecule has 8 nitrogen and oxygen atoms in total. The number of carboxylic acids is 1. The summed E-state index contributed by atoms with van der Waals surface area (Å²) < 4.78 is 1.49. The van der Waals surface area contributed by atoms with Crippen LogP contribution in [0.3, 0.4) is 0 Å². The van der Waals surface area contributed by atoms with E-state index in [-0.39, 0.29) is 11.6 Å². The molecule has 0 bridgehead atoms. The summed E-state index contributed by atoms with van der Waals surface area (Å²) in [5.41, 5.74) is -1.11. The predicted octanol–water partition coefficient (Wildman–Crippen LogP) is 0.772. The van der Waals surface area contributed by atoms with Crippen LogP contribution in [0, 0.1) is 10.1 Å². The highest BCUT2D eigenvalue weighted by molar-refractivity contribution is 5.84. The third kappa shape index (κ3) is 1.60. The van der Waals surface area contributed by atoms with Crippen molar-refractivity contribution in [3.05, 3.63) is 16.4 Å². The number of nitro groups is 1. The number of nitrogens with zero attached hydrogens (tertiary/aromatic N) is 4. The molecule has 18 heavy (non-hydrogen) atoms. The largest absolute Gasteiger partial charge is 0.480 e. The number of aromatic nitrogens is 2. The molecule has 1 aromatic rings.